The Balaban J connectivity index is 1.77. The van der Waals surface area contributed by atoms with Crippen LogP contribution in [0.1, 0.15) is 50.5 Å². The molecule has 0 aliphatic carbocycles. The van der Waals surface area contributed by atoms with E-state index < -0.39 is 6.10 Å². The summed E-state index contributed by atoms with van der Waals surface area (Å²) in [6, 6.07) is 5.02. The molecule has 1 saturated heterocycles. The molecule has 1 aliphatic rings. The number of rotatable bonds is 7. The van der Waals surface area contributed by atoms with Crippen LogP contribution in [0.15, 0.2) is 47.7 Å². The lowest BCUT2D eigenvalue weighted by atomic mass is 10.0. The van der Waals surface area contributed by atoms with Crippen molar-refractivity contribution in [2.45, 2.75) is 52.2 Å². The molecular weight excluding hydrogens is 326 g/mol. The Morgan fingerprint density at radius 1 is 1.35 bits per heavy atom. The minimum absolute atomic E-state index is 0.219. The van der Waals surface area contributed by atoms with E-state index in [-0.39, 0.29) is 11.9 Å². The number of hydrogen-bond donors (Lipinski definition) is 2. The van der Waals surface area contributed by atoms with E-state index in [1.54, 1.807) is 24.4 Å². The van der Waals surface area contributed by atoms with Crippen LogP contribution in [0.2, 0.25) is 0 Å². The van der Waals surface area contributed by atoms with Crippen LogP contribution < -0.4 is 5.32 Å². The van der Waals surface area contributed by atoms with Crippen molar-refractivity contribution in [3.8, 4) is 0 Å². The van der Waals surface area contributed by atoms with Crippen LogP contribution in [0, 0.1) is 0 Å². The number of nitrogens with one attached hydrogen (secondary N) is 1. The normalized spacial score (nSPS) is 21.3. The molecule has 0 aromatic carbocycles. The van der Waals surface area contributed by atoms with Gasteiger partial charge in [0.15, 0.2) is 0 Å². The summed E-state index contributed by atoms with van der Waals surface area (Å²) in [5.41, 5.74) is 3.12. The highest BCUT2D eigenvalue weighted by atomic mass is 16.3. The van der Waals surface area contributed by atoms with Crippen LogP contribution in [0.3, 0.4) is 0 Å². The van der Waals surface area contributed by atoms with Gasteiger partial charge in [-0.05, 0) is 52.2 Å². The molecule has 2 atom stereocenters. The summed E-state index contributed by atoms with van der Waals surface area (Å²) in [7, 11) is 0. The zero-order valence-electron chi connectivity index (χ0n) is 16.1. The number of β-amino-alcohol motifs (C(OH)–C–C–N with tert-alkyl or cyclic N) is 1. The smallest absolute Gasteiger partial charge is 0.270 e. The molecule has 0 saturated carbocycles. The van der Waals surface area contributed by atoms with Crippen molar-refractivity contribution in [2.75, 3.05) is 19.6 Å². The van der Waals surface area contributed by atoms with Crippen molar-refractivity contribution in [3.63, 3.8) is 0 Å². The van der Waals surface area contributed by atoms with Crippen molar-refractivity contribution in [2.24, 2.45) is 0 Å². The van der Waals surface area contributed by atoms with Gasteiger partial charge < -0.3 is 10.4 Å². The summed E-state index contributed by atoms with van der Waals surface area (Å²) < 4.78 is 0. The van der Waals surface area contributed by atoms with Crippen LogP contribution in [0.5, 0.6) is 0 Å². The molecule has 2 heterocycles. The van der Waals surface area contributed by atoms with Gasteiger partial charge in [0.25, 0.3) is 5.91 Å². The predicted octanol–water partition coefficient (Wildman–Crippen LogP) is 2.94. The van der Waals surface area contributed by atoms with Crippen molar-refractivity contribution < 1.29 is 9.90 Å². The van der Waals surface area contributed by atoms with Gasteiger partial charge >= 0.3 is 0 Å². The van der Waals surface area contributed by atoms with Gasteiger partial charge in [-0.2, -0.15) is 0 Å². The number of carbonyl (C=O) groups excluding carboxylic acids is 1. The molecule has 1 aromatic rings. The van der Waals surface area contributed by atoms with Gasteiger partial charge in [-0.1, -0.05) is 29.4 Å². The fourth-order valence-electron chi connectivity index (χ4n) is 3.05. The lowest BCUT2D eigenvalue weighted by Gasteiger charge is -2.35. The van der Waals surface area contributed by atoms with Gasteiger partial charge in [0.1, 0.15) is 5.69 Å². The number of piperidine rings is 1. The number of pyridine rings is 1. The van der Waals surface area contributed by atoms with Crippen molar-refractivity contribution in [3.05, 3.63) is 53.4 Å². The van der Waals surface area contributed by atoms with Gasteiger partial charge in [0.2, 0.25) is 0 Å². The third-order valence-electron chi connectivity index (χ3n) is 4.67. The molecule has 1 fully saturated rings. The summed E-state index contributed by atoms with van der Waals surface area (Å²) in [5.74, 6) is -0.224. The molecule has 2 rings (SSSR count). The average Bonchev–Trinajstić information content (AvgIpc) is 2.62. The highest BCUT2D eigenvalue weighted by Gasteiger charge is 2.28. The number of aliphatic hydroxyl groups is 1. The fraction of sp³-hybridized carbons (Fsp3) is 0.524. The maximum atomic E-state index is 12.2. The minimum Gasteiger partial charge on any atom is -0.390 e. The van der Waals surface area contributed by atoms with E-state index in [1.165, 1.54) is 11.1 Å². The first-order chi connectivity index (χ1) is 12.5. The Morgan fingerprint density at radius 2 is 2.15 bits per heavy atom. The average molecular weight is 357 g/mol. The van der Waals surface area contributed by atoms with Gasteiger partial charge in [0.05, 0.1) is 12.1 Å². The van der Waals surface area contributed by atoms with E-state index in [4.69, 9.17) is 0 Å². The van der Waals surface area contributed by atoms with E-state index >= 15 is 0 Å². The first-order valence-electron chi connectivity index (χ1n) is 9.37. The summed E-state index contributed by atoms with van der Waals surface area (Å²) in [5, 5.41) is 13.3. The van der Waals surface area contributed by atoms with Crippen LogP contribution in [-0.4, -0.2) is 52.7 Å². The van der Waals surface area contributed by atoms with E-state index in [0.29, 0.717) is 12.2 Å². The molecule has 5 heteroatoms. The molecule has 142 valence electrons. The molecule has 5 nitrogen and oxygen atoms in total. The molecule has 0 radical (unpaired) electrons. The molecule has 1 amide bonds. The topological polar surface area (TPSA) is 65.5 Å². The Labute approximate surface area is 156 Å². The number of aliphatic hydroxyl groups excluding tert-OH is 1. The highest BCUT2D eigenvalue weighted by molar-refractivity contribution is 5.92. The van der Waals surface area contributed by atoms with Crippen LogP contribution >= 0.6 is 0 Å². The third-order valence-corrected chi connectivity index (χ3v) is 4.67. The Morgan fingerprint density at radius 3 is 2.81 bits per heavy atom. The van der Waals surface area contributed by atoms with Gasteiger partial charge in [-0.3, -0.25) is 14.7 Å². The molecule has 1 aromatic heterocycles. The van der Waals surface area contributed by atoms with Crippen LogP contribution in [-0.2, 0) is 0 Å². The molecule has 2 N–H and O–H groups in total. The standard InChI is InChI=1S/C21H31N3O2/c1-16(2)7-6-8-17(3)10-13-24-14-11-18(20(25)15-24)23-21(26)19-9-4-5-12-22-19/h4-5,7,9-10,12,18,20,25H,6,8,11,13-15H2,1-3H3,(H,23,26)/b17-10+/t18-,20-/m1/s1. The number of nitrogens with zero attached hydrogens (tertiary/aromatic N) is 2. The molecule has 0 bridgehead atoms. The number of aromatic nitrogens is 1. The summed E-state index contributed by atoms with van der Waals surface area (Å²) in [4.78, 5) is 18.5. The number of hydrogen-bond acceptors (Lipinski definition) is 4. The number of carbonyl (C=O) groups is 1. The quantitative estimate of drug-likeness (QED) is 0.737. The van der Waals surface area contributed by atoms with Crippen LogP contribution in [0.25, 0.3) is 0 Å². The van der Waals surface area contributed by atoms with E-state index in [1.807, 2.05) is 0 Å². The second-order valence-corrected chi connectivity index (χ2v) is 7.28. The molecule has 0 unspecified atom stereocenters. The summed E-state index contributed by atoms with van der Waals surface area (Å²) in [6.07, 6.45) is 8.44. The van der Waals surface area contributed by atoms with Gasteiger partial charge in [0, 0.05) is 25.8 Å². The fourth-order valence-corrected chi connectivity index (χ4v) is 3.05. The van der Waals surface area contributed by atoms with E-state index in [9.17, 15) is 9.90 Å². The Bertz CT molecular complexity index is 636. The minimum atomic E-state index is -0.559. The van der Waals surface area contributed by atoms with Crippen molar-refractivity contribution >= 4 is 5.91 Å². The number of likely N-dealkylation sites (tertiary alicyclic amines) is 1. The van der Waals surface area contributed by atoms with Crippen molar-refractivity contribution in [1.29, 1.82) is 0 Å². The van der Waals surface area contributed by atoms with E-state index in [2.05, 4.69) is 48.1 Å². The second-order valence-electron chi connectivity index (χ2n) is 7.28. The van der Waals surface area contributed by atoms with Crippen molar-refractivity contribution in [1.82, 2.24) is 15.2 Å². The Hall–Kier alpha value is -1.98. The van der Waals surface area contributed by atoms with E-state index in [0.717, 1.165) is 32.4 Å². The number of amides is 1. The zero-order valence-corrected chi connectivity index (χ0v) is 16.1. The largest absolute Gasteiger partial charge is 0.390 e. The monoisotopic (exact) mass is 357 g/mol. The second kappa shape index (κ2) is 10.2. The zero-order chi connectivity index (χ0) is 18.9. The SMILES string of the molecule is CC(C)=CCC/C(C)=C/CN1CC[C@@H](NC(=O)c2ccccn2)[C@H](O)C1. The first kappa shape index (κ1) is 20.3. The third kappa shape index (κ3) is 6.73. The summed E-state index contributed by atoms with van der Waals surface area (Å²) >= 11 is 0. The molecule has 0 spiro atoms. The van der Waals surface area contributed by atoms with Gasteiger partial charge in [-0.15, -0.1) is 0 Å². The number of allylic oxidation sites excluding steroid dienone is 3. The molecular formula is C21H31N3O2. The predicted molar refractivity (Wildman–Crippen MR) is 105 cm³/mol. The lowest BCUT2D eigenvalue weighted by molar-refractivity contribution is 0.0420. The Kier molecular flexibility index (Phi) is 8.01. The summed E-state index contributed by atoms with van der Waals surface area (Å²) in [6.45, 7) is 8.69. The first-order valence-corrected chi connectivity index (χ1v) is 9.37. The van der Waals surface area contributed by atoms with Gasteiger partial charge in [-0.25, -0.2) is 0 Å². The molecule has 1 aliphatic heterocycles. The van der Waals surface area contributed by atoms with Crippen LogP contribution in [0.4, 0.5) is 0 Å². The molecule has 26 heavy (non-hydrogen) atoms. The maximum absolute atomic E-state index is 12.2. The highest BCUT2D eigenvalue weighted by Crippen LogP contribution is 2.13. The maximum Gasteiger partial charge on any atom is 0.270 e. The lowest BCUT2D eigenvalue weighted by Crippen LogP contribution is -2.54.